The van der Waals surface area contributed by atoms with Crippen LogP contribution in [-0.2, 0) is 4.79 Å². The Balaban J connectivity index is 2.27. The number of fused-ring (bicyclic) bond motifs is 1. The van der Waals surface area contributed by atoms with E-state index in [2.05, 4.69) is 0 Å². The van der Waals surface area contributed by atoms with Gasteiger partial charge in [0.25, 0.3) is 0 Å². The van der Waals surface area contributed by atoms with Crippen LogP contribution in [0.2, 0.25) is 0 Å². The smallest absolute Gasteiger partial charge is 0.149 e. The number of hydrogen-bond donors (Lipinski definition) is 0. The third-order valence-corrected chi connectivity index (χ3v) is 4.53. The number of ether oxygens (including phenoxy) is 2. The van der Waals surface area contributed by atoms with Gasteiger partial charge in [0.15, 0.2) is 0 Å². The van der Waals surface area contributed by atoms with Crippen molar-refractivity contribution in [3.8, 4) is 11.5 Å². The van der Waals surface area contributed by atoms with E-state index in [0.717, 1.165) is 16.7 Å². The normalized spacial score (nSPS) is 15.7. The van der Waals surface area contributed by atoms with E-state index in [0.29, 0.717) is 23.7 Å². The number of carboxylic acids is 1. The standard InChI is InChI=1S/C23H23FO4/c1-5-27-19-12-20-17(11-16(19)14(2)21(24)22(25)26)18(13-23(3,4)28-20)15-9-7-6-8-10-15/h6-13H,5H2,1-4H3,(H,25,26)/p-1/b21-14+. The second-order valence-corrected chi connectivity index (χ2v) is 7.13. The summed E-state index contributed by atoms with van der Waals surface area (Å²) >= 11 is 0. The summed E-state index contributed by atoms with van der Waals surface area (Å²) in [7, 11) is 0. The molecule has 0 spiro atoms. The molecule has 1 aliphatic rings. The Morgan fingerprint density at radius 1 is 1.21 bits per heavy atom. The maximum Gasteiger partial charge on any atom is 0.149 e. The first-order valence-corrected chi connectivity index (χ1v) is 9.10. The monoisotopic (exact) mass is 381 g/mol. The predicted octanol–water partition coefficient (Wildman–Crippen LogP) is 4.14. The molecule has 0 unspecified atom stereocenters. The zero-order valence-electron chi connectivity index (χ0n) is 16.3. The molecule has 4 nitrogen and oxygen atoms in total. The molecule has 0 atom stereocenters. The van der Waals surface area contributed by atoms with Crippen LogP contribution in [-0.4, -0.2) is 18.2 Å². The Morgan fingerprint density at radius 3 is 2.50 bits per heavy atom. The van der Waals surface area contributed by atoms with Crippen LogP contribution in [0, 0.1) is 0 Å². The van der Waals surface area contributed by atoms with Gasteiger partial charge in [0.05, 0.1) is 6.61 Å². The molecule has 0 saturated carbocycles. The maximum absolute atomic E-state index is 14.1. The first-order valence-electron chi connectivity index (χ1n) is 9.10. The summed E-state index contributed by atoms with van der Waals surface area (Å²) in [6.07, 6.45) is 2.00. The topological polar surface area (TPSA) is 58.6 Å². The molecular weight excluding hydrogens is 359 g/mol. The number of carbonyl (C=O) groups is 1. The Morgan fingerprint density at radius 2 is 1.89 bits per heavy atom. The van der Waals surface area contributed by atoms with E-state index in [-0.39, 0.29) is 5.57 Å². The Hall–Kier alpha value is -3.08. The lowest BCUT2D eigenvalue weighted by Gasteiger charge is -2.32. The minimum absolute atomic E-state index is 0.0523. The molecule has 5 heteroatoms. The molecule has 0 aliphatic carbocycles. The summed E-state index contributed by atoms with van der Waals surface area (Å²) in [6, 6.07) is 13.2. The molecule has 0 bridgehead atoms. The minimum Gasteiger partial charge on any atom is -0.542 e. The quantitative estimate of drug-likeness (QED) is 0.731. The van der Waals surface area contributed by atoms with E-state index in [1.807, 2.05) is 50.3 Å². The molecule has 0 fully saturated rings. The van der Waals surface area contributed by atoms with Crippen LogP contribution < -0.4 is 14.6 Å². The van der Waals surface area contributed by atoms with E-state index in [9.17, 15) is 14.3 Å². The summed E-state index contributed by atoms with van der Waals surface area (Å²) in [5.41, 5.74) is 2.41. The summed E-state index contributed by atoms with van der Waals surface area (Å²) in [4.78, 5) is 11.0. The van der Waals surface area contributed by atoms with Crippen molar-refractivity contribution in [2.24, 2.45) is 0 Å². The van der Waals surface area contributed by atoms with Crippen molar-refractivity contribution < 1.29 is 23.8 Å². The number of carbonyl (C=O) groups excluding carboxylic acids is 1. The first-order chi connectivity index (χ1) is 13.2. The van der Waals surface area contributed by atoms with Gasteiger partial charge < -0.3 is 19.4 Å². The van der Waals surface area contributed by atoms with Crippen molar-refractivity contribution in [1.29, 1.82) is 0 Å². The average Bonchev–Trinajstić information content (AvgIpc) is 2.66. The van der Waals surface area contributed by atoms with Crippen LogP contribution in [0.25, 0.3) is 11.1 Å². The molecule has 0 amide bonds. The lowest BCUT2D eigenvalue weighted by atomic mass is 9.88. The van der Waals surface area contributed by atoms with Gasteiger partial charge in [0.1, 0.15) is 28.9 Å². The van der Waals surface area contributed by atoms with Crippen molar-refractivity contribution >= 4 is 17.1 Å². The number of carboxylic acid groups (broad SMARTS) is 1. The molecule has 3 rings (SSSR count). The van der Waals surface area contributed by atoms with Crippen LogP contribution in [0.15, 0.2) is 54.4 Å². The van der Waals surface area contributed by atoms with Gasteiger partial charge in [-0.05, 0) is 56.5 Å². The molecule has 0 aromatic heterocycles. The van der Waals surface area contributed by atoms with Crippen LogP contribution in [0.5, 0.6) is 11.5 Å². The second-order valence-electron chi connectivity index (χ2n) is 7.13. The molecule has 2 aromatic rings. The van der Waals surface area contributed by atoms with Crippen molar-refractivity contribution in [3.63, 3.8) is 0 Å². The van der Waals surface area contributed by atoms with E-state index < -0.39 is 17.4 Å². The van der Waals surface area contributed by atoms with Gasteiger partial charge in [-0.1, -0.05) is 30.3 Å². The fourth-order valence-electron chi connectivity index (χ4n) is 3.29. The number of halogens is 1. The van der Waals surface area contributed by atoms with Crippen LogP contribution in [0.3, 0.4) is 0 Å². The predicted molar refractivity (Wildman–Crippen MR) is 105 cm³/mol. The first kappa shape index (κ1) is 19.7. The molecule has 1 heterocycles. The van der Waals surface area contributed by atoms with Crippen molar-refractivity contribution in [2.45, 2.75) is 33.3 Å². The van der Waals surface area contributed by atoms with Crippen LogP contribution >= 0.6 is 0 Å². The average molecular weight is 381 g/mol. The SMILES string of the molecule is CCOc1cc2c(cc1/C(C)=C(/F)C(=O)[O-])C(c1ccccc1)=CC(C)(C)O2. The van der Waals surface area contributed by atoms with Crippen molar-refractivity contribution in [3.05, 3.63) is 71.1 Å². The molecule has 0 radical (unpaired) electrons. The fraction of sp³-hybridized carbons (Fsp3) is 0.261. The summed E-state index contributed by atoms with van der Waals surface area (Å²) in [5, 5.41) is 11.0. The lowest BCUT2D eigenvalue weighted by molar-refractivity contribution is -0.301. The van der Waals surface area contributed by atoms with E-state index in [1.54, 1.807) is 19.1 Å². The van der Waals surface area contributed by atoms with Gasteiger partial charge in [0.2, 0.25) is 0 Å². The fourth-order valence-corrected chi connectivity index (χ4v) is 3.29. The zero-order valence-corrected chi connectivity index (χ0v) is 16.3. The highest BCUT2D eigenvalue weighted by Gasteiger charge is 2.29. The third kappa shape index (κ3) is 3.79. The Bertz CT molecular complexity index is 972. The lowest BCUT2D eigenvalue weighted by Crippen LogP contribution is -2.29. The maximum atomic E-state index is 14.1. The van der Waals surface area contributed by atoms with Crippen molar-refractivity contribution in [2.75, 3.05) is 6.61 Å². The van der Waals surface area contributed by atoms with Crippen LogP contribution in [0.1, 0.15) is 44.4 Å². The minimum atomic E-state index is -1.85. The third-order valence-electron chi connectivity index (χ3n) is 4.53. The van der Waals surface area contributed by atoms with Gasteiger partial charge in [-0.25, -0.2) is 4.39 Å². The summed E-state index contributed by atoms with van der Waals surface area (Å²) < 4.78 is 25.9. The van der Waals surface area contributed by atoms with E-state index in [4.69, 9.17) is 9.47 Å². The zero-order chi connectivity index (χ0) is 20.5. The van der Waals surface area contributed by atoms with Gasteiger partial charge in [0, 0.05) is 17.2 Å². The molecule has 0 saturated heterocycles. The molecule has 0 N–H and O–H groups in total. The van der Waals surface area contributed by atoms with Crippen LogP contribution in [0.4, 0.5) is 4.39 Å². The Kier molecular flexibility index (Phi) is 5.27. The number of aliphatic carboxylic acids is 1. The molecule has 146 valence electrons. The van der Waals surface area contributed by atoms with Gasteiger partial charge in [-0.2, -0.15) is 0 Å². The number of rotatable bonds is 5. The molecular formula is C23H22FO4-. The van der Waals surface area contributed by atoms with E-state index >= 15 is 0 Å². The molecule has 2 aromatic carbocycles. The highest BCUT2D eigenvalue weighted by molar-refractivity contribution is 5.94. The number of benzene rings is 2. The number of hydrogen-bond acceptors (Lipinski definition) is 4. The number of allylic oxidation sites excluding steroid dienone is 1. The molecule has 28 heavy (non-hydrogen) atoms. The van der Waals surface area contributed by atoms with Gasteiger partial charge >= 0.3 is 0 Å². The molecule has 1 aliphatic heterocycles. The highest BCUT2D eigenvalue weighted by atomic mass is 19.1. The van der Waals surface area contributed by atoms with Gasteiger partial charge in [-0.3, -0.25) is 0 Å². The largest absolute Gasteiger partial charge is 0.542 e. The Labute approximate surface area is 163 Å². The summed E-state index contributed by atoms with van der Waals surface area (Å²) in [5.74, 6) is -2.21. The van der Waals surface area contributed by atoms with Gasteiger partial charge in [-0.15, -0.1) is 0 Å². The van der Waals surface area contributed by atoms with Crippen molar-refractivity contribution in [1.82, 2.24) is 0 Å². The van der Waals surface area contributed by atoms with E-state index in [1.165, 1.54) is 6.92 Å². The highest BCUT2D eigenvalue weighted by Crippen LogP contribution is 2.44. The second kappa shape index (κ2) is 7.50. The summed E-state index contributed by atoms with van der Waals surface area (Å²) in [6.45, 7) is 7.45.